The van der Waals surface area contributed by atoms with Gasteiger partial charge in [0, 0.05) is 19.5 Å². The van der Waals surface area contributed by atoms with Gasteiger partial charge in [0.1, 0.15) is 17.5 Å². The number of ether oxygens (including phenoxy) is 2. The van der Waals surface area contributed by atoms with Crippen LogP contribution in [0.25, 0.3) is 0 Å². The van der Waals surface area contributed by atoms with Crippen LogP contribution < -0.4 is 14.8 Å². The molecular weight excluding hydrogens is 452 g/mol. The predicted octanol–water partition coefficient (Wildman–Crippen LogP) is 4.50. The standard InChI is InChI=1S/C27H29ClN2O4/c1-3-29-27(32)24(17-20-10-5-4-6-11-20)30(18-21-12-9-13-22(16-21)33-2)26(31)19-34-25-15-8-7-14-23(25)28/h4-16,24H,3,17-19H2,1-2H3,(H,29,32). The van der Waals surface area contributed by atoms with Crippen molar-refractivity contribution in [2.45, 2.75) is 25.9 Å². The molecule has 2 amide bonds. The minimum atomic E-state index is -0.726. The number of para-hydroxylation sites is 1. The molecule has 34 heavy (non-hydrogen) atoms. The molecule has 0 aromatic heterocycles. The average Bonchev–Trinajstić information content (AvgIpc) is 2.86. The van der Waals surface area contributed by atoms with Gasteiger partial charge in [-0.05, 0) is 42.3 Å². The van der Waals surface area contributed by atoms with E-state index in [-0.39, 0.29) is 25.0 Å². The fourth-order valence-electron chi connectivity index (χ4n) is 3.60. The lowest BCUT2D eigenvalue weighted by Crippen LogP contribution is -2.51. The monoisotopic (exact) mass is 480 g/mol. The number of likely N-dealkylation sites (N-methyl/N-ethyl adjacent to an activating group) is 1. The molecule has 7 heteroatoms. The number of amides is 2. The molecule has 3 aromatic rings. The highest BCUT2D eigenvalue weighted by Gasteiger charge is 2.30. The predicted molar refractivity (Wildman–Crippen MR) is 133 cm³/mol. The summed E-state index contributed by atoms with van der Waals surface area (Å²) in [6.07, 6.45) is 0.370. The van der Waals surface area contributed by atoms with Gasteiger partial charge < -0.3 is 19.7 Å². The molecule has 0 saturated heterocycles. The zero-order chi connectivity index (χ0) is 24.3. The summed E-state index contributed by atoms with van der Waals surface area (Å²) in [6.45, 7) is 2.28. The van der Waals surface area contributed by atoms with E-state index >= 15 is 0 Å². The second-order valence-electron chi connectivity index (χ2n) is 7.69. The Balaban J connectivity index is 1.91. The molecule has 3 aromatic carbocycles. The van der Waals surface area contributed by atoms with Gasteiger partial charge in [0.2, 0.25) is 5.91 Å². The molecule has 0 radical (unpaired) electrons. The molecule has 1 atom stereocenters. The van der Waals surface area contributed by atoms with Crippen LogP contribution in [0.4, 0.5) is 0 Å². The summed E-state index contributed by atoms with van der Waals surface area (Å²) in [4.78, 5) is 28.2. The van der Waals surface area contributed by atoms with Crippen LogP contribution in [0.2, 0.25) is 5.02 Å². The summed E-state index contributed by atoms with van der Waals surface area (Å²) in [5.41, 5.74) is 1.79. The largest absolute Gasteiger partial charge is 0.497 e. The Morgan fingerprint density at radius 1 is 0.971 bits per heavy atom. The van der Waals surface area contributed by atoms with E-state index in [4.69, 9.17) is 21.1 Å². The van der Waals surface area contributed by atoms with Crippen molar-refractivity contribution in [1.29, 1.82) is 0 Å². The summed E-state index contributed by atoms with van der Waals surface area (Å²) < 4.78 is 11.1. The molecule has 0 fully saturated rings. The molecule has 0 aliphatic carbocycles. The first kappa shape index (κ1) is 25.1. The number of carbonyl (C=O) groups excluding carboxylic acids is 2. The average molecular weight is 481 g/mol. The fourth-order valence-corrected chi connectivity index (χ4v) is 3.79. The molecule has 0 aliphatic heterocycles. The van der Waals surface area contributed by atoms with Crippen molar-refractivity contribution in [3.63, 3.8) is 0 Å². The molecule has 0 aliphatic rings. The normalized spacial score (nSPS) is 11.4. The molecule has 0 saturated carbocycles. The smallest absolute Gasteiger partial charge is 0.261 e. The van der Waals surface area contributed by atoms with E-state index in [1.165, 1.54) is 0 Å². The molecule has 0 spiro atoms. The minimum absolute atomic E-state index is 0.219. The van der Waals surface area contributed by atoms with Crippen LogP contribution in [-0.2, 0) is 22.6 Å². The Morgan fingerprint density at radius 3 is 2.38 bits per heavy atom. The van der Waals surface area contributed by atoms with E-state index in [2.05, 4.69) is 5.32 Å². The van der Waals surface area contributed by atoms with Crippen molar-refractivity contribution in [1.82, 2.24) is 10.2 Å². The lowest BCUT2D eigenvalue weighted by atomic mass is 10.0. The van der Waals surface area contributed by atoms with Crippen molar-refractivity contribution in [3.8, 4) is 11.5 Å². The number of nitrogens with zero attached hydrogens (tertiary/aromatic N) is 1. The summed E-state index contributed by atoms with van der Waals surface area (Å²) in [5.74, 6) is 0.543. The number of benzene rings is 3. The van der Waals surface area contributed by atoms with Crippen LogP contribution in [0, 0.1) is 0 Å². The molecule has 3 rings (SSSR count). The van der Waals surface area contributed by atoms with E-state index in [0.717, 1.165) is 11.1 Å². The van der Waals surface area contributed by atoms with Gasteiger partial charge >= 0.3 is 0 Å². The lowest BCUT2D eigenvalue weighted by Gasteiger charge is -2.31. The molecule has 1 N–H and O–H groups in total. The highest BCUT2D eigenvalue weighted by molar-refractivity contribution is 6.32. The van der Waals surface area contributed by atoms with Gasteiger partial charge in [-0.1, -0.05) is 66.2 Å². The Bertz CT molecular complexity index is 1090. The Labute approximate surface area is 205 Å². The zero-order valence-electron chi connectivity index (χ0n) is 19.4. The third-order valence-electron chi connectivity index (χ3n) is 5.30. The third kappa shape index (κ3) is 6.99. The van der Waals surface area contributed by atoms with Crippen LogP contribution in [0.5, 0.6) is 11.5 Å². The van der Waals surface area contributed by atoms with E-state index in [1.54, 1.807) is 36.3 Å². The summed E-state index contributed by atoms with van der Waals surface area (Å²) in [5, 5.41) is 3.29. The maximum absolute atomic E-state index is 13.5. The van der Waals surface area contributed by atoms with Crippen molar-refractivity contribution < 1.29 is 19.1 Å². The van der Waals surface area contributed by atoms with Crippen LogP contribution in [0.15, 0.2) is 78.9 Å². The number of halogens is 1. The quantitative estimate of drug-likeness (QED) is 0.438. The second-order valence-corrected chi connectivity index (χ2v) is 8.10. The van der Waals surface area contributed by atoms with E-state index < -0.39 is 6.04 Å². The van der Waals surface area contributed by atoms with E-state index in [0.29, 0.717) is 29.5 Å². The molecule has 0 bridgehead atoms. The van der Waals surface area contributed by atoms with Gasteiger partial charge in [0.15, 0.2) is 6.61 Å². The minimum Gasteiger partial charge on any atom is -0.497 e. The van der Waals surface area contributed by atoms with Gasteiger partial charge in [-0.3, -0.25) is 9.59 Å². The van der Waals surface area contributed by atoms with Gasteiger partial charge in [0.25, 0.3) is 5.91 Å². The van der Waals surface area contributed by atoms with Gasteiger partial charge in [-0.15, -0.1) is 0 Å². The third-order valence-corrected chi connectivity index (χ3v) is 5.61. The van der Waals surface area contributed by atoms with Crippen molar-refractivity contribution >= 4 is 23.4 Å². The van der Waals surface area contributed by atoms with Gasteiger partial charge in [0.05, 0.1) is 12.1 Å². The first-order chi connectivity index (χ1) is 16.5. The van der Waals surface area contributed by atoms with E-state index in [9.17, 15) is 9.59 Å². The van der Waals surface area contributed by atoms with Crippen molar-refractivity contribution in [3.05, 3.63) is 95.0 Å². The molecule has 6 nitrogen and oxygen atoms in total. The van der Waals surface area contributed by atoms with Crippen LogP contribution in [0.1, 0.15) is 18.1 Å². The Kier molecular flexibility index (Phi) is 9.35. The molecule has 178 valence electrons. The van der Waals surface area contributed by atoms with Crippen molar-refractivity contribution in [2.75, 3.05) is 20.3 Å². The SMILES string of the molecule is CCNC(=O)C(Cc1ccccc1)N(Cc1cccc(OC)c1)C(=O)COc1ccccc1Cl. The number of nitrogens with one attached hydrogen (secondary N) is 1. The maximum atomic E-state index is 13.5. The number of rotatable bonds is 11. The Morgan fingerprint density at radius 2 is 1.68 bits per heavy atom. The van der Waals surface area contributed by atoms with Crippen LogP contribution in [0.3, 0.4) is 0 Å². The van der Waals surface area contributed by atoms with Crippen LogP contribution in [-0.4, -0.2) is 43.0 Å². The lowest BCUT2D eigenvalue weighted by molar-refractivity contribution is -0.142. The Hall–Kier alpha value is -3.51. The van der Waals surface area contributed by atoms with Crippen molar-refractivity contribution in [2.24, 2.45) is 0 Å². The topological polar surface area (TPSA) is 67.9 Å². The first-order valence-electron chi connectivity index (χ1n) is 11.1. The number of hydrogen-bond acceptors (Lipinski definition) is 4. The highest BCUT2D eigenvalue weighted by Crippen LogP contribution is 2.24. The molecule has 1 unspecified atom stereocenters. The van der Waals surface area contributed by atoms with Crippen LogP contribution >= 0.6 is 11.6 Å². The van der Waals surface area contributed by atoms with E-state index in [1.807, 2.05) is 61.5 Å². The number of hydrogen-bond donors (Lipinski definition) is 1. The summed E-state index contributed by atoms with van der Waals surface area (Å²) in [7, 11) is 1.59. The highest BCUT2D eigenvalue weighted by atomic mass is 35.5. The van der Waals surface area contributed by atoms with Gasteiger partial charge in [-0.2, -0.15) is 0 Å². The maximum Gasteiger partial charge on any atom is 0.261 e. The fraction of sp³-hybridized carbons (Fsp3) is 0.259. The van der Waals surface area contributed by atoms with Gasteiger partial charge in [-0.25, -0.2) is 0 Å². The second kappa shape index (κ2) is 12.7. The number of carbonyl (C=O) groups is 2. The molecule has 0 heterocycles. The number of methoxy groups -OCH3 is 1. The first-order valence-corrected chi connectivity index (χ1v) is 11.5. The summed E-state index contributed by atoms with van der Waals surface area (Å²) in [6, 6.07) is 23.3. The summed E-state index contributed by atoms with van der Waals surface area (Å²) >= 11 is 6.18. The zero-order valence-corrected chi connectivity index (χ0v) is 20.1. The molecular formula is C27H29ClN2O4.